The Morgan fingerprint density at radius 2 is 1.81 bits per heavy atom. The number of rotatable bonds is 8. The summed E-state index contributed by atoms with van der Waals surface area (Å²) in [7, 11) is 0. The Balaban J connectivity index is 1.36. The summed E-state index contributed by atoms with van der Waals surface area (Å²) in [6, 6.07) is 0. The molecule has 2 unspecified atom stereocenters. The first-order valence-electron chi connectivity index (χ1n) is 11.1. The van der Waals surface area contributed by atoms with E-state index in [1.165, 1.54) is 11.8 Å². The second kappa shape index (κ2) is 11.8. The Hall–Kier alpha value is -2.33. The number of thioether (sulfide) groups is 1. The zero-order chi connectivity index (χ0) is 26.5. The van der Waals surface area contributed by atoms with Gasteiger partial charge < -0.3 is 14.5 Å². The normalized spacial score (nSPS) is 22.4. The standard InChI is InChI=1S/C20H26F6N6O3S/c1-12(35-14-10-29-30-17(34)16(14)20(24,25)26)11-36-7-2-15(33)31-3-5-32(6-4-31)18-27-8-13(9-28-18)19(21,22)23/h8-9,12,14,16,29H,2-7,10-11H2,1H3,(H,30,34)/t12-,14?,16?/m0/s1. The van der Waals surface area contributed by atoms with Crippen molar-refractivity contribution in [2.45, 2.75) is 37.9 Å². The molecule has 0 aromatic carbocycles. The minimum absolute atomic E-state index is 0.102. The average Bonchev–Trinajstić information content (AvgIpc) is 2.80. The third kappa shape index (κ3) is 7.59. The molecular weight excluding hydrogens is 518 g/mol. The van der Waals surface area contributed by atoms with Crippen molar-refractivity contribution >= 4 is 29.5 Å². The highest BCUT2D eigenvalue weighted by Crippen LogP contribution is 2.32. The second-order valence-electron chi connectivity index (χ2n) is 8.34. The van der Waals surface area contributed by atoms with E-state index in [0.717, 1.165) is 12.4 Å². The number of alkyl halides is 6. The molecule has 36 heavy (non-hydrogen) atoms. The van der Waals surface area contributed by atoms with Crippen LogP contribution < -0.4 is 15.8 Å². The molecule has 2 fully saturated rings. The minimum atomic E-state index is -4.72. The number of amides is 2. The molecule has 0 aliphatic carbocycles. The highest BCUT2D eigenvalue weighted by atomic mass is 32.2. The predicted molar refractivity (Wildman–Crippen MR) is 118 cm³/mol. The van der Waals surface area contributed by atoms with Crippen molar-refractivity contribution in [2.24, 2.45) is 5.92 Å². The van der Waals surface area contributed by atoms with Crippen LogP contribution in [0.2, 0.25) is 0 Å². The number of carbonyl (C=O) groups excluding carboxylic acids is 2. The first kappa shape index (κ1) is 28.2. The van der Waals surface area contributed by atoms with Gasteiger partial charge in [-0.15, -0.1) is 0 Å². The van der Waals surface area contributed by atoms with Crippen LogP contribution in [0.5, 0.6) is 0 Å². The van der Waals surface area contributed by atoms with Gasteiger partial charge in [-0.25, -0.2) is 15.4 Å². The molecular formula is C20H26F6N6O3S. The Morgan fingerprint density at radius 1 is 1.17 bits per heavy atom. The molecule has 2 saturated heterocycles. The van der Waals surface area contributed by atoms with Gasteiger partial charge in [0, 0.05) is 63.0 Å². The summed E-state index contributed by atoms with van der Waals surface area (Å²) < 4.78 is 82.9. The maximum atomic E-state index is 13.2. The molecule has 3 heterocycles. The number of anilines is 1. The van der Waals surface area contributed by atoms with Crippen LogP contribution in [-0.2, 0) is 20.5 Å². The van der Waals surface area contributed by atoms with Crippen LogP contribution in [0, 0.1) is 5.92 Å². The maximum absolute atomic E-state index is 13.2. The number of hydrazine groups is 1. The minimum Gasteiger partial charge on any atom is -0.372 e. The number of ether oxygens (including phenoxy) is 1. The summed E-state index contributed by atoms with van der Waals surface area (Å²) in [4.78, 5) is 34.9. The van der Waals surface area contributed by atoms with Crippen molar-refractivity contribution in [3.63, 3.8) is 0 Å². The van der Waals surface area contributed by atoms with Crippen molar-refractivity contribution in [3.05, 3.63) is 18.0 Å². The van der Waals surface area contributed by atoms with Gasteiger partial charge in [-0.2, -0.15) is 38.1 Å². The summed E-state index contributed by atoms with van der Waals surface area (Å²) in [5.74, 6) is -2.60. The first-order chi connectivity index (χ1) is 16.9. The number of nitrogens with one attached hydrogen (secondary N) is 2. The van der Waals surface area contributed by atoms with E-state index < -0.39 is 41.9 Å². The van der Waals surface area contributed by atoms with Crippen LogP contribution in [0.25, 0.3) is 0 Å². The van der Waals surface area contributed by atoms with Gasteiger partial charge in [-0.3, -0.25) is 15.0 Å². The summed E-state index contributed by atoms with van der Waals surface area (Å²) in [6.45, 7) is 2.91. The van der Waals surface area contributed by atoms with Gasteiger partial charge in [0.1, 0.15) is 0 Å². The highest BCUT2D eigenvalue weighted by Gasteiger charge is 2.52. The SMILES string of the molecule is C[C@@H](CSCCC(=O)N1CCN(c2ncc(C(F)(F)F)cn2)CC1)OC1CNNC(=O)C1C(F)(F)F. The zero-order valence-corrected chi connectivity index (χ0v) is 20.0. The fourth-order valence-corrected chi connectivity index (χ4v) is 4.68. The van der Waals surface area contributed by atoms with Gasteiger partial charge in [-0.05, 0) is 6.92 Å². The van der Waals surface area contributed by atoms with Crippen molar-refractivity contribution in [2.75, 3.05) is 49.1 Å². The van der Waals surface area contributed by atoms with E-state index in [1.807, 2.05) is 5.43 Å². The number of hydrogen-bond acceptors (Lipinski definition) is 8. The number of halogens is 6. The molecule has 2 aliphatic rings. The van der Waals surface area contributed by atoms with Crippen LogP contribution in [0.3, 0.4) is 0 Å². The Kier molecular flexibility index (Phi) is 9.27. The van der Waals surface area contributed by atoms with Crippen LogP contribution >= 0.6 is 11.8 Å². The zero-order valence-electron chi connectivity index (χ0n) is 19.2. The lowest BCUT2D eigenvalue weighted by atomic mass is 9.99. The third-order valence-electron chi connectivity index (χ3n) is 5.62. The van der Waals surface area contributed by atoms with Crippen molar-refractivity contribution < 1.29 is 40.7 Å². The molecule has 9 nitrogen and oxygen atoms in total. The lowest BCUT2D eigenvalue weighted by molar-refractivity contribution is -0.216. The van der Waals surface area contributed by atoms with Crippen molar-refractivity contribution in [3.8, 4) is 0 Å². The maximum Gasteiger partial charge on any atom is 0.419 e. The fraction of sp³-hybridized carbons (Fsp3) is 0.700. The molecule has 0 spiro atoms. The molecule has 0 radical (unpaired) electrons. The first-order valence-corrected chi connectivity index (χ1v) is 12.3. The molecule has 0 bridgehead atoms. The summed E-state index contributed by atoms with van der Waals surface area (Å²) in [5, 5.41) is 0. The number of hydrogen-bond donors (Lipinski definition) is 2. The largest absolute Gasteiger partial charge is 0.419 e. The van der Waals surface area contributed by atoms with E-state index >= 15 is 0 Å². The smallest absolute Gasteiger partial charge is 0.372 e. The predicted octanol–water partition coefficient (Wildman–Crippen LogP) is 1.85. The van der Waals surface area contributed by atoms with E-state index in [-0.39, 0.29) is 24.8 Å². The Labute approximate surface area is 207 Å². The Morgan fingerprint density at radius 3 is 2.39 bits per heavy atom. The van der Waals surface area contributed by atoms with Crippen LogP contribution in [0.4, 0.5) is 32.3 Å². The molecule has 0 saturated carbocycles. The summed E-state index contributed by atoms with van der Waals surface area (Å²) >= 11 is 1.36. The molecule has 1 aromatic rings. The van der Waals surface area contributed by atoms with Gasteiger partial charge in [0.25, 0.3) is 0 Å². The van der Waals surface area contributed by atoms with Crippen molar-refractivity contribution in [1.82, 2.24) is 25.7 Å². The Bertz CT molecular complexity index is 895. The van der Waals surface area contributed by atoms with Gasteiger partial charge in [0.05, 0.1) is 17.8 Å². The van der Waals surface area contributed by atoms with Gasteiger partial charge in [0.2, 0.25) is 17.8 Å². The monoisotopic (exact) mass is 544 g/mol. The van der Waals surface area contributed by atoms with Gasteiger partial charge in [0.15, 0.2) is 5.92 Å². The number of carbonyl (C=O) groups is 2. The molecule has 2 aliphatic heterocycles. The van der Waals surface area contributed by atoms with E-state index in [1.54, 1.807) is 16.7 Å². The van der Waals surface area contributed by atoms with Crippen LogP contribution in [-0.4, -0.2) is 89.3 Å². The summed E-state index contributed by atoms with van der Waals surface area (Å²) in [6.07, 6.45) is -9.48. The van der Waals surface area contributed by atoms with E-state index in [2.05, 4.69) is 15.4 Å². The molecule has 202 valence electrons. The van der Waals surface area contributed by atoms with Crippen LogP contribution in [0.15, 0.2) is 12.4 Å². The molecule has 3 rings (SSSR count). The molecule has 2 amide bonds. The summed E-state index contributed by atoms with van der Waals surface area (Å²) in [5.41, 5.74) is 3.43. The molecule has 16 heteroatoms. The third-order valence-corrected chi connectivity index (χ3v) is 6.82. The number of nitrogens with zero attached hydrogens (tertiary/aromatic N) is 4. The number of piperazine rings is 1. The second-order valence-corrected chi connectivity index (χ2v) is 9.49. The highest BCUT2D eigenvalue weighted by molar-refractivity contribution is 7.99. The number of aromatic nitrogens is 2. The van der Waals surface area contributed by atoms with E-state index in [0.29, 0.717) is 37.7 Å². The quantitative estimate of drug-likeness (QED) is 0.378. The van der Waals surface area contributed by atoms with E-state index in [4.69, 9.17) is 4.74 Å². The lowest BCUT2D eigenvalue weighted by Gasteiger charge is -2.35. The average molecular weight is 545 g/mol. The molecule has 1 aromatic heterocycles. The molecule has 2 N–H and O–H groups in total. The topological polar surface area (TPSA) is 99.7 Å². The van der Waals surface area contributed by atoms with Gasteiger partial charge in [-0.1, -0.05) is 0 Å². The fourth-order valence-electron chi connectivity index (χ4n) is 3.78. The molecule has 3 atom stereocenters. The van der Waals surface area contributed by atoms with E-state index in [9.17, 15) is 35.9 Å². The van der Waals surface area contributed by atoms with Crippen LogP contribution in [0.1, 0.15) is 18.9 Å². The lowest BCUT2D eigenvalue weighted by Crippen LogP contribution is -2.60. The van der Waals surface area contributed by atoms with Gasteiger partial charge >= 0.3 is 12.4 Å². The van der Waals surface area contributed by atoms with Crippen molar-refractivity contribution in [1.29, 1.82) is 0 Å².